The molecule has 4 nitrogen and oxygen atoms in total. The molecule has 0 fully saturated rings. The van der Waals surface area contributed by atoms with Gasteiger partial charge in [-0.3, -0.25) is 9.67 Å². The number of hydrogen-bond donors (Lipinski definition) is 1. The molecule has 0 aliphatic heterocycles. The molecule has 0 bridgehead atoms. The van der Waals surface area contributed by atoms with Crippen LogP contribution in [0.1, 0.15) is 16.8 Å². The van der Waals surface area contributed by atoms with Crippen molar-refractivity contribution in [1.29, 1.82) is 0 Å². The third kappa shape index (κ3) is 2.43. The van der Waals surface area contributed by atoms with Gasteiger partial charge < -0.3 is 5.73 Å². The predicted molar refractivity (Wildman–Crippen MR) is 66.2 cm³/mol. The molecule has 0 saturated heterocycles. The highest BCUT2D eigenvalue weighted by molar-refractivity contribution is 7.80. The van der Waals surface area contributed by atoms with E-state index in [4.69, 9.17) is 18.0 Å². The van der Waals surface area contributed by atoms with Gasteiger partial charge >= 0.3 is 0 Å². The van der Waals surface area contributed by atoms with Gasteiger partial charge in [-0.05, 0) is 30.2 Å². The van der Waals surface area contributed by atoms with Crippen molar-refractivity contribution < 1.29 is 0 Å². The molecular formula is C11H12N4S. The summed E-state index contributed by atoms with van der Waals surface area (Å²) in [5.41, 5.74) is 8.40. The van der Waals surface area contributed by atoms with Crippen LogP contribution in [-0.2, 0) is 6.54 Å². The van der Waals surface area contributed by atoms with Crippen LogP contribution in [0.3, 0.4) is 0 Å². The van der Waals surface area contributed by atoms with Crippen LogP contribution >= 0.6 is 12.2 Å². The van der Waals surface area contributed by atoms with Gasteiger partial charge in [-0.1, -0.05) is 12.2 Å². The maximum Gasteiger partial charge on any atom is 0.122 e. The van der Waals surface area contributed by atoms with Crippen molar-refractivity contribution in [2.24, 2.45) is 5.73 Å². The van der Waals surface area contributed by atoms with E-state index in [1.807, 2.05) is 36.1 Å². The number of rotatable bonds is 3. The Hall–Kier alpha value is -1.75. The first-order chi connectivity index (χ1) is 7.65. The van der Waals surface area contributed by atoms with Crippen LogP contribution in [0.25, 0.3) is 0 Å². The van der Waals surface area contributed by atoms with Crippen molar-refractivity contribution in [1.82, 2.24) is 14.8 Å². The van der Waals surface area contributed by atoms with Crippen molar-refractivity contribution in [3.8, 4) is 0 Å². The maximum atomic E-state index is 5.53. The van der Waals surface area contributed by atoms with Crippen molar-refractivity contribution in [3.05, 3.63) is 47.5 Å². The van der Waals surface area contributed by atoms with Gasteiger partial charge in [0, 0.05) is 12.4 Å². The second kappa shape index (κ2) is 4.40. The van der Waals surface area contributed by atoms with Crippen LogP contribution in [-0.4, -0.2) is 19.8 Å². The number of pyridine rings is 1. The quantitative estimate of drug-likeness (QED) is 0.810. The van der Waals surface area contributed by atoms with Crippen LogP contribution in [0.2, 0.25) is 0 Å². The Labute approximate surface area is 99.1 Å². The number of aryl methyl sites for hydroxylation is 1. The Morgan fingerprint density at radius 3 is 3.00 bits per heavy atom. The molecule has 2 rings (SSSR count). The Morgan fingerprint density at radius 1 is 1.56 bits per heavy atom. The lowest BCUT2D eigenvalue weighted by atomic mass is 10.2. The van der Waals surface area contributed by atoms with Gasteiger partial charge in [0.1, 0.15) is 4.99 Å². The summed E-state index contributed by atoms with van der Waals surface area (Å²) < 4.78 is 1.87. The molecule has 16 heavy (non-hydrogen) atoms. The second-order valence-corrected chi connectivity index (χ2v) is 4.07. The van der Waals surface area contributed by atoms with E-state index in [1.165, 1.54) is 0 Å². The minimum Gasteiger partial charge on any atom is -0.388 e. The number of thiocarbonyl (C=S) groups is 1. The topological polar surface area (TPSA) is 56.7 Å². The third-order valence-electron chi connectivity index (χ3n) is 2.18. The fourth-order valence-electron chi connectivity index (χ4n) is 1.45. The van der Waals surface area contributed by atoms with Crippen LogP contribution in [0.4, 0.5) is 0 Å². The Morgan fingerprint density at radius 2 is 2.38 bits per heavy atom. The molecule has 0 amide bonds. The minimum absolute atomic E-state index is 0.318. The van der Waals surface area contributed by atoms with E-state index >= 15 is 0 Å². The summed E-state index contributed by atoms with van der Waals surface area (Å²) in [4.78, 5) is 4.41. The van der Waals surface area contributed by atoms with Gasteiger partial charge in [0.15, 0.2) is 0 Å². The molecule has 0 unspecified atom stereocenters. The summed E-state index contributed by atoms with van der Waals surface area (Å²) in [5, 5.41) is 4.22. The van der Waals surface area contributed by atoms with E-state index in [0.29, 0.717) is 17.2 Å². The van der Waals surface area contributed by atoms with Gasteiger partial charge in [0.2, 0.25) is 0 Å². The van der Waals surface area contributed by atoms with Crippen molar-refractivity contribution in [2.45, 2.75) is 13.5 Å². The molecule has 0 atom stereocenters. The van der Waals surface area contributed by atoms with Crippen LogP contribution in [0.5, 0.6) is 0 Å². The first kappa shape index (κ1) is 10.8. The number of hydrogen-bond acceptors (Lipinski definition) is 3. The fraction of sp³-hybridized carbons (Fsp3) is 0.182. The van der Waals surface area contributed by atoms with E-state index in [0.717, 1.165) is 11.1 Å². The average Bonchev–Trinajstić information content (AvgIpc) is 2.64. The molecule has 0 spiro atoms. The van der Waals surface area contributed by atoms with Crippen LogP contribution in [0, 0.1) is 6.92 Å². The molecule has 0 radical (unpaired) electrons. The van der Waals surface area contributed by atoms with Gasteiger partial charge in [0.05, 0.1) is 18.4 Å². The zero-order valence-corrected chi connectivity index (χ0v) is 9.74. The number of nitrogens with zero attached hydrogens (tertiary/aromatic N) is 3. The molecule has 0 aromatic carbocycles. The molecule has 0 aliphatic rings. The number of nitrogens with two attached hydrogens (primary N) is 1. The van der Waals surface area contributed by atoms with Crippen molar-refractivity contribution in [3.63, 3.8) is 0 Å². The van der Waals surface area contributed by atoms with Gasteiger partial charge in [0.25, 0.3) is 0 Å². The minimum atomic E-state index is 0.318. The Kier molecular flexibility index (Phi) is 2.96. The largest absolute Gasteiger partial charge is 0.388 e. The zero-order chi connectivity index (χ0) is 11.5. The standard InChI is InChI=1S/C11H12N4S/c1-8-5-14-15(6-8)7-9-2-3-13-10(4-9)11(12)16/h2-6H,7H2,1H3,(H2,12,16). The molecular weight excluding hydrogens is 220 g/mol. The lowest BCUT2D eigenvalue weighted by Gasteiger charge is -2.03. The Bertz CT molecular complexity index is 518. The molecule has 2 N–H and O–H groups in total. The third-order valence-corrected chi connectivity index (χ3v) is 2.39. The van der Waals surface area contributed by atoms with E-state index in [-0.39, 0.29) is 0 Å². The highest BCUT2D eigenvalue weighted by atomic mass is 32.1. The first-order valence-corrected chi connectivity index (χ1v) is 5.30. The summed E-state index contributed by atoms with van der Waals surface area (Å²) in [5.74, 6) is 0. The lowest BCUT2D eigenvalue weighted by molar-refractivity contribution is 0.685. The fourth-order valence-corrected chi connectivity index (χ4v) is 1.56. The summed E-state index contributed by atoms with van der Waals surface area (Å²) in [6.45, 7) is 2.71. The highest BCUT2D eigenvalue weighted by Gasteiger charge is 2.01. The summed E-state index contributed by atoms with van der Waals surface area (Å²) >= 11 is 4.88. The summed E-state index contributed by atoms with van der Waals surface area (Å²) in [7, 11) is 0. The Balaban J connectivity index is 2.21. The maximum absolute atomic E-state index is 5.53. The molecule has 2 aromatic heterocycles. The second-order valence-electron chi connectivity index (χ2n) is 3.63. The first-order valence-electron chi connectivity index (χ1n) is 4.89. The molecule has 2 heterocycles. The van der Waals surface area contributed by atoms with Gasteiger partial charge in [-0.15, -0.1) is 0 Å². The number of aromatic nitrogens is 3. The zero-order valence-electron chi connectivity index (χ0n) is 8.92. The predicted octanol–water partition coefficient (Wildman–Crippen LogP) is 1.27. The van der Waals surface area contributed by atoms with Gasteiger partial charge in [-0.25, -0.2) is 0 Å². The van der Waals surface area contributed by atoms with Crippen LogP contribution in [0.15, 0.2) is 30.7 Å². The highest BCUT2D eigenvalue weighted by Crippen LogP contribution is 2.05. The average molecular weight is 232 g/mol. The van der Waals surface area contributed by atoms with Crippen molar-refractivity contribution in [2.75, 3.05) is 0 Å². The van der Waals surface area contributed by atoms with Gasteiger partial charge in [-0.2, -0.15) is 5.10 Å². The van der Waals surface area contributed by atoms with Crippen LogP contribution < -0.4 is 5.73 Å². The molecule has 0 aliphatic carbocycles. The molecule has 2 aromatic rings. The summed E-state index contributed by atoms with van der Waals surface area (Å²) in [6.07, 6.45) is 5.52. The normalized spacial score (nSPS) is 10.3. The molecule has 82 valence electrons. The van der Waals surface area contributed by atoms with E-state index < -0.39 is 0 Å². The monoisotopic (exact) mass is 232 g/mol. The van der Waals surface area contributed by atoms with E-state index in [9.17, 15) is 0 Å². The smallest absolute Gasteiger partial charge is 0.122 e. The summed E-state index contributed by atoms with van der Waals surface area (Å²) in [6, 6.07) is 3.82. The van der Waals surface area contributed by atoms with E-state index in [1.54, 1.807) is 6.20 Å². The van der Waals surface area contributed by atoms with Crippen molar-refractivity contribution >= 4 is 17.2 Å². The van der Waals surface area contributed by atoms with E-state index in [2.05, 4.69) is 10.1 Å². The lowest BCUT2D eigenvalue weighted by Crippen LogP contribution is -2.12. The molecule has 0 saturated carbocycles. The molecule has 5 heteroatoms. The SMILES string of the molecule is Cc1cnn(Cc2ccnc(C(N)=S)c2)c1.